The zero-order chi connectivity index (χ0) is 25.9. The first-order valence-corrected chi connectivity index (χ1v) is 11.7. The van der Waals surface area contributed by atoms with E-state index in [2.05, 4.69) is 25.1 Å². The minimum Gasteiger partial charge on any atom is -0.489 e. The molecule has 0 amide bonds. The molecule has 5 aromatic rings. The molecule has 3 aromatic heterocycles. The number of hydrogen-bond acceptors (Lipinski definition) is 7. The number of benzene rings is 2. The monoisotopic (exact) mass is 525 g/mol. The number of H-pyrrole nitrogens is 1. The van der Waals surface area contributed by atoms with Crippen molar-refractivity contribution >= 4 is 45.0 Å². The number of pyridine rings is 1. The predicted molar refractivity (Wildman–Crippen MR) is 135 cm³/mol. The maximum atomic E-state index is 14.0. The molecule has 0 bridgehead atoms. The Bertz CT molecular complexity index is 1690. The van der Waals surface area contributed by atoms with Gasteiger partial charge in [0.1, 0.15) is 24.6 Å². The zero-order valence-corrected chi connectivity index (χ0v) is 20.2. The molecule has 0 aliphatic carbocycles. The molecule has 0 radical (unpaired) electrons. The molecule has 1 aliphatic rings. The predicted octanol–water partition coefficient (Wildman–Crippen LogP) is 5.53. The van der Waals surface area contributed by atoms with E-state index in [0.717, 1.165) is 16.5 Å². The smallest absolute Gasteiger partial charge is 0.418 e. The molecule has 0 saturated carbocycles. The summed E-state index contributed by atoms with van der Waals surface area (Å²) in [5.74, 6) is 0.742. The number of aromatic amines is 1. The first kappa shape index (κ1) is 23.3. The fourth-order valence-electron chi connectivity index (χ4n) is 4.78. The molecule has 8 nitrogen and oxygen atoms in total. The van der Waals surface area contributed by atoms with Gasteiger partial charge in [-0.15, -0.1) is 0 Å². The summed E-state index contributed by atoms with van der Waals surface area (Å²) in [6.07, 6.45) is -1.54. The lowest BCUT2D eigenvalue weighted by Gasteiger charge is -2.22. The summed E-state index contributed by atoms with van der Waals surface area (Å²) in [7, 11) is 0. The minimum absolute atomic E-state index is 0.00628. The fraction of sp³-hybridized carbons (Fsp3) is 0.200. The van der Waals surface area contributed by atoms with Crippen LogP contribution in [0.5, 0.6) is 5.75 Å². The highest BCUT2D eigenvalue weighted by atomic mass is 35.5. The van der Waals surface area contributed by atoms with Gasteiger partial charge in [0.15, 0.2) is 5.75 Å². The Morgan fingerprint density at radius 3 is 2.84 bits per heavy atom. The SMILES string of the molecule is Cc1cc(N)nc(-c2cc3ncnc4c3c(c2Cl)OCCN4Cc2ccc3[nH]ncc3c2)c1C(F)(F)F. The number of nitrogens with two attached hydrogens (primary N) is 1. The van der Waals surface area contributed by atoms with E-state index in [0.29, 0.717) is 29.8 Å². The number of aryl methyl sites for hydroxylation is 1. The zero-order valence-electron chi connectivity index (χ0n) is 19.4. The Hall–Kier alpha value is -4.12. The highest BCUT2D eigenvalue weighted by Gasteiger charge is 2.38. The van der Waals surface area contributed by atoms with Crippen molar-refractivity contribution in [2.24, 2.45) is 0 Å². The third-order valence-electron chi connectivity index (χ3n) is 6.36. The van der Waals surface area contributed by atoms with Crippen molar-refractivity contribution in [3.63, 3.8) is 0 Å². The summed E-state index contributed by atoms with van der Waals surface area (Å²) in [6.45, 7) is 2.56. The van der Waals surface area contributed by atoms with Crippen LogP contribution in [0.1, 0.15) is 16.7 Å². The quantitative estimate of drug-likeness (QED) is 0.319. The van der Waals surface area contributed by atoms with Crippen molar-refractivity contribution in [2.75, 3.05) is 23.8 Å². The van der Waals surface area contributed by atoms with Gasteiger partial charge in [0.2, 0.25) is 0 Å². The normalized spacial score (nSPS) is 13.7. The Labute approximate surface area is 213 Å². The molecule has 3 N–H and O–H groups in total. The maximum absolute atomic E-state index is 14.0. The number of fused-ring (bicyclic) bond motifs is 1. The number of nitrogen functional groups attached to an aromatic ring is 1. The number of rotatable bonds is 3. The van der Waals surface area contributed by atoms with E-state index < -0.39 is 11.7 Å². The Kier molecular flexibility index (Phi) is 5.34. The van der Waals surface area contributed by atoms with Gasteiger partial charge in [0, 0.05) is 17.5 Å². The summed E-state index contributed by atoms with van der Waals surface area (Å²) in [4.78, 5) is 14.9. The number of alkyl halides is 3. The minimum atomic E-state index is -4.67. The van der Waals surface area contributed by atoms with Crippen molar-refractivity contribution < 1.29 is 17.9 Å². The molecule has 0 saturated heterocycles. The standard InChI is InChI=1S/C25H19ClF3N7O/c1-12-6-18(30)34-22(20(12)25(27,28)29)15-8-17-19-23(21(15)26)37-5-4-36(24(19)32-11-31-17)10-13-2-3-16-14(7-13)9-33-35-16/h2-3,6-9,11H,4-5,10H2,1H3,(H2,30,34)(H,33,35). The van der Waals surface area contributed by atoms with Gasteiger partial charge in [-0.3, -0.25) is 5.10 Å². The Morgan fingerprint density at radius 1 is 1.19 bits per heavy atom. The highest BCUT2D eigenvalue weighted by Crippen LogP contribution is 2.48. The van der Waals surface area contributed by atoms with Gasteiger partial charge in [-0.1, -0.05) is 17.7 Å². The van der Waals surface area contributed by atoms with Crippen LogP contribution in [0.25, 0.3) is 33.1 Å². The Balaban J connectivity index is 1.51. The first-order valence-electron chi connectivity index (χ1n) is 11.3. The van der Waals surface area contributed by atoms with Crippen LogP contribution in [-0.4, -0.2) is 38.3 Å². The van der Waals surface area contributed by atoms with Crippen molar-refractivity contribution in [1.29, 1.82) is 0 Å². The summed E-state index contributed by atoms with van der Waals surface area (Å²) in [5.41, 5.74) is 6.88. The van der Waals surface area contributed by atoms with Gasteiger partial charge in [0.25, 0.3) is 0 Å². The van der Waals surface area contributed by atoms with Gasteiger partial charge in [-0.05, 0) is 42.3 Å². The largest absolute Gasteiger partial charge is 0.489 e. The molecule has 37 heavy (non-hydrogen) atoms. The first-order chi connectivity index (χ1) is 17.7. The molecule has 0 atom stereocenters. The highest BCUT2D eigenvalue weighted by molar-refractivity contribution is 6.36. The van der Waals surface area contributed by atoms with Crippen LogP contribution in [0.4, 0.5) is 24.8 Å². The number of aromatic nitrogens is 5. The van der Waals surface area contributed by atoms with E-state index >= 15 is 0 Å². The number of halogens is 4. The molecular weight excluding hydrogens is 507 g/mol. The number of nitrogens with one attached hydrogen (secondary N) is 1. The molecule has 1 aliphatic heterocycles. The average molecular weight is 526 g/mol. The lowest BCUT2D eigenvalue weighted by molar-refractivity contribution is -0.137. The van der Waals surface area contributed by atoms with E-state index in [1.165, 1.54) is 25.4 Å². The second-order valence-electron chi connectivity index (χ2n) is 8.81. The Morgan fingerprint density at radius 2 is 2.03 bits per heavy atom. The van der Waals surface area contributed by atoms with Gasteiger partial charge < -0.3 is 15.4 Å². The van der Waals surface area contributed by atoms with E-state index in [1.54, 1.807) is 6.20 Å². The molecule has 2 aromatic carbocycles. The summed E-state index contributed by atoms with van der Waals surface area (Å²) < 4.78 is 48.1. The fourth-order valence-corrected chi connectivity index (χ4v) is 5.07. The van der Waals surface area contributed by atoms with Crippen LogP contribution in [0.3, 0.4) is 0 Å². The van der Waals surface area contributed by atoms with Crippen molar-refractivity contribution in [1.82, 2.24) is 25.1 Å². The van der Waals surface area contributed by atoms with Crippen LogP contribution in [0.2, 0.25) is 5.02 Å². The molecule has 188 valence electrons. The van der Waals surface area contributed by atoms with Crippen LogP contribution >= 0.6 is 11.6 Å². The van der Waals surface area contributed by atoms with Gasteiger partial charge >= 0.3 is 6.18 Å². The van der Waals surface area contributed by atoms with E-state index in [4.69, 9.17) is 22.1 Å². The third-order valence-corrected chi connectivity index (χ3v) is 6.74. The number of anilines is 2. The van der Waals surface area contributed by atoms with Crippen molar-refractivity contribution in [2.45, 2.75) is 19.6 Å². The van der Waals surface area contributed by atoms with Crippen LogP contribution in [0, 0.1) is 6.92 Å². The second-order valence-corrected chi connectivity index (χ2v) is 9.18. The second kappa shape index (κ2) is 8.48. The number of nitrogens with zero attached hydrogens (tertiary/aromatic N) is 5. The topological polar surface area (TPSA) is 106 Å². The summed E-state index contributed by atoms with van der Waals surface area (Å²) in [5, 5.41) is 8.49. The molecule has 6 rings (SSSR count). The van der Waals surface area contributed by atoms with E-state index in [-0.39, 0.29) is 40.0 Å². The van der Waals surface area contributed by atoms with Crippen molar-refractivity contribution in [3.05, 3.63) is 64.6 Å². The summed E-state index contributed by atoms with van der Waals surface area (Å²) >= 11 is 6.73. The van der Waals surface area contributed by atoms with Gasteiger partial charge in [-0.25, -0.2) is 15.0 Å². The van der Waals surface area contributed by atoms with E-state index in [1.807, 2.05) is 23.1 Å². The number of ether oxygens (including phenoxy) is 1. The average Bonchev–Trinajstić information content (AvgIpc) is 3.22. The lowest BCUT2D eigenvalue weighted by Crippen LogP contribution is -2.27. The van der Waals surface area contributed by atoms with Crippen molar-refractivity contribution in [3.8, 4) is 17.0 Å². The van der Waals surface area contributed by atoms with E-state index in [9.17, 15) is 13.2 Å². The molecule has 0 unspecified atom stereocenters. The van der Waals surface area contributed by atoms with Crippen LogP contribution in [0.15, 0.2) is 42.9 Å². The molecule has 0 spiro atoms. The molecule has 12 heteroatoms. The summed E-state index contributed by atoms with van der Waals surface area (Å²) in [6, 6.07) is 8.65. The van der Waals surface area contributed by atoms with Gasteiger partial charge in [-0.2, -0.15) is 18.3 Å². The maximum Gasteiger partial charge on any atom is 0.418 e. The van der Waals surface area contributed by atoms with Crippen LogP contribution in [-0.2, 0) is 12.7 Å². The van der Waals surface area contributed by atoms with Crippen LogP contribution < -0.4 is 15.4 Å². The van der Waals surface area contributed by atoms with Gasteiger partial charge in [0.05, 0.1) is 45.4 Å². The molecular formula is C25H19ClF3N7O. The lowest BCUT2D eigenvalue weighted by atomic mass is 9.99. The molecule has 4 heterocycles. The number of hydrogen-bond donors (Lipinski definition) is 2. The molecule has 0 fully saturated rings. The third kappa shape index (κ3) is 3.95.